The van der Waals surface area contributed by atoms with Crippen LogP contribution in [0.25, 0.3) is 0 Å². The van der Waals surface area contributed by atoms with E-state index in [1.54, 1.807) is 12.1 Å². The standard InChI is InChI=1S/C34H38FOP/c1-3-5-14-21-34(4-2,37-32-20-13-12-19-31(32)35)30-25-28(22-26-15-8-6-9-16-26)24-29(33(30)36)23-27-17-10-7-11-18-27/h6-13,15-20,24-25,36-37H,3-5,14,21-23H2,1-2H3. The van der Waals surface area contributed by atoms with Crippen LogP contribution in [0.3, 0.4) is 0 Å². The molecule has 0 saturated heterocycles. The highest BCUT2D eigenvalue weighted by atomic mass is 31.1. The molecule has 0 fully saturated rings. The summed E-state index contributed by atoms with van der Waals surface area (Å²) in [4.78, 5) is 0. The molecule has 0 saturated carbocycles. The zero-order valence-electron chi connectivity index (χ0n) is 22.0. The minimum absolute atomic E-state index is 0.154. The molecule has 0 bridgehead atoms. The Labute approximate surface area is 223 Å². The van der Waals surface area contributed by atoms with Crippen LogP contribution in [0.5, 0.6) is 5.75 Å². The molecule has 192 valence electrons. The summed E-state index contributed by atoms with van der Waals surface area (Å²) in [5, 5.41) is 12.3. The van der Waals surface area contributed by atoms with E-state index in [9.17, 15) is 9.50 Å². The first-order valence-electron chi connectivity index (χ1n) is 13.5. The van der Waals surface area contributed by atoms with E-state index < -0.39 is 0 Å². The Kier molecular flexibility index (Phi) is 9.53. The minimum Gasteiger partial charge on any atom is -0.507 e. The first-order chi connectivity index (χ1) is 18.0. The van der Waals surface area contributed by atoms with Gasteiger partial charge in [-0.05, 0) is 47.6 Å². The van der Waals surface area contributed by atoms with Crippen LogP contribution in [0, 0.1) is 5.82 Å². The Hall–Kier alpha value is -2.96. The Morgan fingerprint density at radius 1 is 0.730 bits per heavy atom. The number of hydrogen-bond donors (Lipinski definition) is 1. The van der Waals surface area contributed by atoms with Gasteiger partial charge in [-0.2, -0.15) is 0 Å². The van der Waals surface area contributed by atoms with Gasteiger partial charge in [0.2, 0.25) is 0 Å². The van der Waals surface area contributed by atoms with Crippen LogP contribution in [-0.4, -0.2) is 5.11 Å². The molecule has 0 aliphatic rings. The first kappa shape index (κ1) is 27.1. The Morgan fingerprint density at radius 3 is 1.97 bits per heavy atom. The molecule has 0 aliphatic heterocycles. The van der Waals surface area contributed by atoms with Crippen molar-refractivity contribution in [2.24, 2.45) is 0 Å². The maximum atomic E-state index is 14.9. The van der Waals surface area contributed by atoms with Crippen molar-refractivity contribution in [2.75, 3.05) is 0 Å². The smallest absolute Gasteiger partial charge is 0.130 e. The zero-order chi connectivity index (χ0) is 26.1. The Bertz CT molecular complexity index is 1270. The van der Waals surface area contributed by atoms with E-state index in [2.05, 4.69) is 62.4 Å². The van der Waals surface area contributed by atoms with Gasteiger partial charge in [-0.3, -0.25) is 0 Å². The van der Waals surface area contributed by atoms with Crippen LogP contribution in [-0.2, 0) is 18.0 Å². The summed E-state index contributed by atoms with van der Waals surface area (Å²) in [6.45, 7) is 4.41. The lowest BCUT2D eigenvalue weighted by Gasteiger charge is -2.36. The number of benzene rings is 4. The number of phenols is 1. The highest BCUT2D eigenvalue weighted by Gasteiger charge is 2.35. The van der Waals surface area contributed by atoms with Crippen molar-refractivity contribution in [1.82, 2.24) is 0 Å². The summed E-state index contributed by atoms with van der Waals surface area (Å²) < 4.78 is 14.9. The van der Waals surface area contributed by atoms with Gasteiger partial charge in [0.1, 0.15) is 11.6 Å². The molecule has 1 N–H and O–H groups in total. The van der Waals surface area contributed by atoms with Crippen LogP contribution in [0.4, 0.5) is 4.39 Å². The molecular formula is C34H38FOP. The van der Waals surface area contributed by atoms with Crippen molar-refractivity contribution in [3.8, 4) is 5.75 Å². The Balaban J connectivity index is 1.85. The van der Waals surface area contributed by atoms with Crippen LogP contribution in [0.1, 0.15) is 73.8 Å². The topological polar surface area (TPSA) is 20.2 Å². The minimum atomic E-state index is -0.320. The van der Waals surface area contributed by atoms with Crippen LogP contribution in [0.2, 0.25) is 0 Å². The van der Waals surface area contributed by atoms with E-state index in [0.717, 1.165) is 55.0 Å². The number of unbranched alkanes of at least 4 members (excludes halogenated alkanes) is 2. The van der Waals surface area contributed by atoms with Gasteiger partial charge in [-0.25, -0.2) is 4.39 Å². The van der Waals surface area contributed by atoms with Gasteiger partial charge in [0.15, 0.2) is 0 Å². The maximum Gasteiger partial charge on any atom is 0.130 e. The van der Waals surface area contributed by atoms with Gasteiger partial charge in [-0.15, -0.1) is 0 Å². The second-order valence-corrected chi connectivity index (χ2v) is 11.7. The van der Waals surface area contributed by atoms with Crippen molar-refractivity contribution in [2.45, 2.75) is 63.9 Å². The second-order valence-electron chi connectivity index (χ2n) is 9.97. The average Bonchev–Trinajstić information content (AvgIpc) is 2.92. The lowest BCUT2D eigenvalue weighted by molar-refractivity contribution is 0.432. The number of halogens is 1. The van der Waals surface area contributed by atoms with Crippen molar-refractivity contribution in [3.05, 3.63) is 131 Å². The average molecular weight is 513 g/mol. The van der Waals surface area contributed by atoms with Crippen LogP contribution in [0.15, 0.2) is 97.1 Å². The molecule has 37 heavy (non-hydrogen) atoms. The zero-order valence-corrected chi connectivity index (χ0v) is 23.0. The second kappa shape index (κ2) is 13.0. The molecule has 0 spiro atoms. The van der Waals surface area contributed by atoms with Gasteiger partial charge < -0.3 is 5.11 Å². The highest BCUT2D eigenvalue weighted by molar-refractivity contribution is 7.48. The van der Waals surface area contributed by atoms with Gasteiger partial charge in [0.05, 0.1) is 0 Å². The summed E-state index contributed by atoms with van der Waals surface area (Å²) in [7, 11) is 0.243. The van der Waals surface area contributed by atoms with E-state index in [1.807, 2.05) is 36.4 Å². The highest BCUT2D eigenvalue weighted by Crippen LogP contribution is 2.52. The predicted octanol–water partition coefficient (Wildman–Crippen LogP) is 8.90. The number of phenolic OH excluding ortho intramolecular Hbond substituents is 1. The lowest BCUT2D eigenvalue weighted by Crippen LogP contribution is -2.24. The summed E-state index contributed by atoms with van der Waals surface area (Å²) in [5.41, 5.74) is 5.53. The van der Waals surface area contributed by atoms with Gasteiger partial charge in [0, 0.05) is 22.4 Å². The molecule has 0 aromatic heterocycles. The molecule has 4 aromatic rings. The number of rotatable bonds is 12. The summed E-state index contributed by atoms with van der Waals surface area (Å²) in [6.07, 6.45) is 6.55. The molecule has 2 unspecified atom stereocenters. The third-order valence-electron chi connectivity index (χ3n) is 7.31. The van der Waals surface area contributed by atoms with E-state index in [1.165, 1.54) is 16.7 Å². The fraction of sp³-hybridized carbons (Fsp3) is 0.294. The molecule has 4 rings (SSSR count). The first-order valence-corrected chi connectivity index (χ1v) is 14.5. The van der Waals surface area contributed by atoms with Gasteiger partial charge in [0.25, 0.3) is 0 Å². The van der Waals surface area contributed by atoms with Crippen molar-refractivity contribution < 1.29 is 9.50 Å². The van der Waals surface area contributed by atoms with E-state index in [0.29, 0.717) is 12.2 Å². The summed E-state index contributed by atoms with van der Waals surface area (Å²) >= 11 is 0. The molecule has 0 radical (unpaired) electrons. The van der Waals surface area contributed by atoms with Crippen LogP contribution < -0.4 is 5.30 Å². The molecule has 0 amide bonds. The molecular weight excluding hydrogens is 474 g/mol. The summed E-state index contributed by atoms with van der Waals surface area (Å²) in [6, 6.07) is 32.3. The molecule has 3 heteroatoms. The molecule has 0 aliphatic carbocycles. The predicted molar refractivity (Wildman–Crippen MR) is 157 cm³/mol. The van der Waals surface area contributed by atoms with E-state index in [4.69, 9.17) is 0 Å². The van der Waals surface area contributed by atoms with Gasteiger partial charge in [-0.1, -0.05) is 133 Å². The van der Waals surface area contributed by atoms with Crippen molar-refractivity contribution >= 4 is 13.9 Å². The molecule has 2 atom stereocenters. The maximum absolute atomic E-state index is 14.9. The van der Waals surface area contributed by atoms with Crippen molar-refractivity contribution in [1.29, 1.82) is 0 Å². The molecule has 1 nitrogen and oxygen atoms in total. The molecule has 4 aromatic carbocycles. The van der Waals surface area contributed by atoms with Crippen LogP contribution >= 0.6 is 8.58 Å². The van der Waals surface area contributed by atoms with Gasteiger partial charge >= 0.3 is 0 Å². The third kappa shape index (κ3) is 6.88. The van der Waals surface area contributed by atoms with E-state index >= 15 is 0 Å². The normalized spacial score (nSPS) is 13.2. The summed E-state index contributed by atoms with van der Waals surface area (Å²) in [5.74, 6) is 0.224. The number of aromatic hydroxyl groups is 1. The quantitative estimate of drug-likeness (QED) is 0.148. The Morgan fingerprint density at radius 2 is 1.35 bits per heavy atom. The number of hydrogen-bond acceptors (Lipinski definition) is 1. The monoisotopic (exact) mass is 512 g/mol. The largest absolute Gasteiger partial charge is 0.507 e. The van der Waals surface area contributed by atoms with E-state index in [-0.39, 0.29) is 19.6 Å². The fourth-order valence-electron chi connectivity index (χ4n) is 5.23. The third-order valence-corrected chi connectivity index (χ3v) is 9.34. The molecule has 0 heterocycles. The fourth-order valence-corrected chi connectivity index (χ4v) is 6.93. The lowest BCUT2D eigenvalue weighted by atomic mass is 9.85. The SMILES string of the molecule is CCCCCC(CC)(Pc1ccccc1F)c1cc(Cc2ccccc2)cc(Cc2ccccc2)c1O. The van der Waals surface area contributed by atoms with Crippen molar-refractivity contribution in [3.63, 3.8) is 0 Å².